The number of aromatic nitrogens is 4. The predicted molar refractivity (Wildman–Crippen MR) is 229 cm³/mol. The van der Waals surface area contributed by atoms with E-state index in [2.05, 4.69) is 55.9 Å². The summed E-state index contributed by atoms with van der Waals surface area (Å²) in [7, 11) is 3.16. The topological polar surface area (TPSA) is 102 Å². The number of ketones is 1. The number of nitrogens with one attached hydrogen (secondary N) is 1. The molecule has 0 saturated heterocycles. The zero-order valence-electron chi connectivity index (χ0n) is 33.0. The molecule has 1 unspecified atom stereocenters. The summed E-state index contributed by atoms with van der Waals surface area (Å²) in [6.07, 6.45) is 0.795. The lowest BCUT2D eigenvalue weighted by atomic mass is 9.77. The summed E-state index contributed by atoms with van der Waals surface area (Å²) >= 11 is 0. The Morgan fingerprint density at radius 3 is 1.61 bits per heavy atom. The van der Waals surface area contributed by atoms with Crippen molar-refractivity contribution < 1.29 is 32.5 Å². The van der Waals surface area contributed by atoms with Gasteiger partial charge in [-0.15, -0.1) is 0 Å². The van der Waals surface area contributed by atoms with E-state index in [1.807, 2.05) is 97.2 Å². The summed E-state index contributed by atoms with van der Waals surface area (Å²) in [4.78, 5) is 24.2. The first-order chi connectivity index (χ1) is 29.6. The lowest BCUT2D eigenvalue weighted by Crippen LogP contribution is -2.43. The fourth-order valence-corrected chi connectivity index (χ4v) is 7.75. The van der Waals surface area contributed by atoms with Crippen LogP contribution in [0.2, 0.25) is 0 Å². The van der Waals surface area contributed by atoms with Crippen LogP contribution in [0.15, 0.2) is 189 Å². The van der Waals surface area contributed by atoms with Crippen molar-refractivity contribution in [2.75, 3.05) is 14.2 Å². The number of rotatable bonds is 10. The Morgan fingerprint density at radius 1 is 0.623 bits per heavy atom. The molecule has 1 atom stereocenters. The van der Waals surface area contributed by atoms with Crippen molar-refractivity contribution in [3.63, 3.8) is 0 Å². The first-order valence-corrected chi connectivity index (χ1v) is 19.3. The summed E-state index contributed by atoms with van der Waals surface area (Å²) in [5.41, 5.74) is -0.366. The van der Waals surface area contributed by atoms with Gasteiger partial charge in [-0.05, 0) is 80.2 Å². The fraction of sp³-hybridized carbons (Fsp3) is 0.100. The van der Waals surface area contributed by atoms with E-state index in [0.717, 1.165) is 45.7 Å². The molecule has 0 aliphatic rings. The Hall–Kier alpha value is -7.50. The number of halogens is 3. The fourth-order valence-electron chi connectivity index (χ4n) is 7.75. The largest absolute Gasteiger partial charge is 0.497 e. The maximum absolute atomic E-state index is 13.7. The van der Waals surface area contributed by atoms with Gasteiger partial charge in [-0.2, -0.15) is 13.2 Å². The van der Waals surface area contributed by atoms with E-state index < -0.39 is 23.0 Å². The van der Waals surface area contributed by atoms with E-state index in [4.69, 9.17) is 9.47 Å². The summed E-state index contributed by atoms with van der Waals surface area (Å²) in [5, 5.41) is 13.7. The maximum atomic E-state index is 13.7. The molecule has 2 heterocycles. The third-order valence-corrected chi connectivity index (χ3v) is 10.9. The smallest absolute Gasteiger partial charge is 0.427 e. The van der Waals surface area contributed by atoms with Crippen molar-refractivity contribution in [3.05, 3.63) is 228 Å². The number of nitrogens with zero attached hydrogens (tertiary/aromatic N) is 3. The molecule has 304 valence electrons. The number of aromatic amines is 1. The number of benzene rings is 7. The van der Waals surface area contributed by atoms with Crippen molar-refractivity contribution >= 4 is 27.3 Å². The molecule has 0 fully saturated rings. The molecule has 0 aliphatic heterocycles. The number of fused-ring (bicyclic) bond motifs is 2. The number of methoxy groups -OCH3 is 2. The van der Waals surface area contributed by atoms with Gasteiger partial charge in [0, 0.05) is 11.8 Å². The summed E-state index contributed by atoms with van der Waals surface area (Å²) < 4.78 is 53.1. The van der Waals surface area contributed by atoms with Crippen LogP contribution in [0, 0.1) is 0 Å². The highest BCUT2D eigenvalue weighted by Gasteiger charge is 2.57. The van der Waals surface area contributed by atoms with E-state index in [9.17, 15) is 23.1 Å². The Balaban J connectivity index is 0.000000191. The molecule has 2 N–H and O–H groups in total. The van der Waals surface area contributed by atoms with E-state index in [1.165, 1.54) is 25.3 Å². The molecular weight excluding hydrogens is 778 g/mol. The second kappa shape index (κ2) is 16.6. The summed E-state index contributed by atoms with van der Waals surface area (Å²) in [5.74, 6) is 1.27. The van der Waals surface area contributed by atoms with Crippen LogP contribution < -0.4 is 9.47 Å². The molecule has 0 spiro atoms. The van der Waals surface area contributed by atoms with E-state index in [-0.39, 0.29) is 11.3 Å². The van der Waals surface area contributed by atoms with Crippen LogP contribution in [-0.4, -0.2) is 50.8 Å². The normalized spacial score (nSPS) is 12.6. The van der Waals surface area contributed by atoms with Gasteiger partial charge in [0.2, 0.25) is 11.4 Å². The molecule has 61 heavy (non-hydrogen) atoms. The van der Waals surface area contributed by atoms with Gasteiger partial charge in [-0.25, -0.2) is 9.97 Å². The van der Waals surface area contributed by atoms with Gasteiger partial charge >= 0.3 is 6.18 Å². The third kappa shape index (κ3) is 7.51. The van der Waals surface area contributed by atoms with Gasteiger partial charge in [0.1, 0.15) is 22.7 Å². The third-order valence-electron chi connectivity index (χ3n) is 10.9. The average molecular weight is 817 g/mol. The standard InChI is InChI=1S/C34H26N2O2.C16H13F3N2O2/c1-38-31-20-19-25-21-27(18-17-26(25)22-31)33(37)32-23-36(24-35-32)34(28-11-5-2-6-12-28,29-13-7-3-8-14-29)30-15-9-4-10-16-30;1-23-13-5-3-10-6-12(4-2-11(10)7-13)15(22,16(17,18)19)14-8-20-9-21-14/h2-24H,1H3;2-9,22H,1H3,(H,20,21). The lowest BCUT2D eigenvalue weighted by molar-refractivity contribution is -0.249. The SMILES string of the molecule is COc1ccc2cc(C(=O)c3cn(C(c4ccccc4)(c4ccccc4)c4ccccc4)cn3)ccc2c1.COc1ccc2cc(C(O)(c3cnc[nH]3)C(F)(F)F)ccc2c1. The minimum absolute atomic E-state index is 0.121. The van der Waals surface area contributed by atoms with Crippen LogP contribution in [-0.2, 0) is 11.1 Å². The second-order valence-corrected chi connectivity index (χ2v) is 14.3. The molecule has 7 aromatic carbocycles. The van der Waals surface area contributed by atoms with Crippen LogP contribution in [0.5, 0.6) is 11.5 Å². The van der Waals surface area contributed by atoms with Crippen LogP contribution in [0.4, 0.5) is 13.2 Å². The predicted octanol–water partition coefficient (Wildman–Crippen LogP) is 10.5. The van der Waals surface area contributed by atoms with E-state index in [0.29, 0.717) is 27.8 Å². The molecule has 9 rings (SSSR count). The number of hydrogen-bond acceptors (Lipinski definition) is 6. The zero-order chi connectivity index (χ0) is 42.6. The second-order valence-electron chi connectivity index (χ2n) is 14.3. The van der Waals surface area contributed by atoms with Crippen LogP contribution >= 0.6 is 0 Å². The van der Waals surface area contributed by atoms with Crippen LogP contribution in [0.25, 0.3) is 21.5 Å². The van der Waals surface area contributed by atoms with E-state index >= 15 is 0 Å². The molecule has 2 aromatic heterocycles. The molecule has 0 saturated carbocycles. The Bertz CT molecular complexity index is 2820. The van der Waals surface area contributed by atoms with Gasteiger partial charge in [-0.1, -0.05) is 127 Å². The van der Waals surface area contributed by atoms with Gasteiger partial charge in [0.25, 0.3) is 0 Å². The minimum Gasteiger partial charge on any atom is -0.497 e. The zero-order valence-corrected chi connectivity index (χ0v) is 33.0. The molecule has 9 aromatic rings. The van der Waals surface area contributed by atoms with Crippen molar-refractivity contribution in [3.8, 4) is 11.5 Å². The van der Waals surface area contributed by atoms with Gasteiger partial charge in [-0.3, -0.25) is 4.79 Å². The number of H-pyrrole nitrogens is 1. The van der Waals surface area contributed by atoms with Crippen molar-refractivity contribution in [1.29, 1.82) is 0 Å². The number of alkyl halides is 3. The molecule has 0 bridgehead atoms. The number of carbonyl (C=O) groups is 1. The molecule has 11 heteroatoms. The summed E-state index contributed by atoms with van der Waals surface area (Å²) in [6, 6.07) is 51.7. The molecule has 0 amide bonds. The first kappa shape index (κ1) is 40.3. The monoisotopic (exact) mass is 816 g/mol. The van der Waals surface area contributed by atoms with Gasteiger partial charge < -0.3 is 24.1 Å². The van der Waals surface area contributed by atoms with Crippen molar-refractivity contribution in [2.24, 2.45) is 0 Å². The Morgan fingerprint density at radius 2 is 1.11 bits per heavy atom. The van der Waals surface area contributed by atoms with Crippen molar-refractivity contribution in [2.45, 2.75) is 17.3 Å². The lowest BCUT2D eigenvalue weighted by Gasteiger charge is -2.37. The number of ether oxygens (including phenoxy) is 2. The first-order valence-electron chi connectivity index (χ1n) is 19.3. The molecule has 0 radical (unpaired) electrons. The number of imidazole rings is 2. The van der Waals surface area contributed by atoms with E-state index in [1.54, 1.807) is 31.6 Å². The highest BCUT2D eigenvalue weighted by atomic mass is 19.4. The Kier molecular flexibility index (Phi) is 11.0. The highest BCUT2D eigenvalue weighted by Crippen LogP contribution is 2.44. The van der Waals surface area contributed by atoms with Crippen molar-refractivity contribution in [1.82, 2.24) is 19.5 Å². The molecule has 8 nitrogen and oxygen atoms in total. The van der Waals surface area contributed by atoms with Gasteiger partial charge in [0.05, 0.1) is 38.8 Å². The van der Waals surface area contributed by atoms with Gasteiger partial charge in [0.15, 0.2) is 0 Å². The number of hydrogen-bond donors (Lipinski definition) is 2. The van der Waals surface area contributed by atoms with Crippen LogP contribution in [0.1, 0.15) is 44.0 Å². The maximum Gasteiger partial charge on any atom is 0.427 e. The quantitative estimate of drug-likeness (QED) is 0.105. The minimum atomic E-state index is -4.90. The number of carbonyl (C=O) groups excluding carboxylic acids is 1. The summed E-state index contributed by atoms with van der Waals surface area (Å²) in [6.45, 7) is 0. The number of aliphatic hydroxyl groups is 1. The Labute approximate surface area is 349 Å². The average Bonchev–Trinajstić information content (AvgIpc) is 4.04. The molecule has 0 aliphatic carbocycles. The molecular formula is C50H39F3N4O4. The van der Waals surface area contributed by atoms with Crippen LogP contribution in [0.3, 0.4) is 0 Å². The highest BCUT2D eigenvalue weighted by molar-refractivity contribution is 6.09.